The number of amides is 2. The lowest BCUT2D eigenvalue weighted by Gasteiger charge is -2.17. The molecule has 0 spiro atoms. The van der Waals surface area contributed by atoms with Gasteiger partial charge in [-0.1, -0.05) is 6.07 Å². The second-order valence-corrected chi connectivity index (χ2v) is 5.44. The number of nitrogens with one attached hydrogen (secondary N) is 2. The molecule has 2 amide bonds. The maximum atomic E-state index is 12.3. The van der Waals surface area contributed by atoms with Crippen molar-refractivity contribution in [2.45, 2.75) is 19.4 Å². The third-order valence-corrected chi connectivity index (χ3v) is 4.05. The van der Waals surface area contributed by atoms with Crippen molar-refractivity contribution >= 4 is 23.4 Å². The topological polar surface area (TPSA) is 70.7 Å². The maximum absolute atomic E-state index is 12.3. The smallest absolute Gasteiger partial charge is 0.414 e. The first-order valence-electron chi connectivity index (χ1n) is 7.24. The van der Waals surface area contributed by atoms with Crippen LogP contribution in [0.2, 0.25) is 0 Å². The minimum Gasteiger partial charge on any atom is -0.447 e. The van der Waals surface area contributed by atoms with Crippen molar-refractivity contribution in [1.82, 2.24) is 5.32 Å². The molecule has 6 nitrogen and oxygen atoms in total. The fraction of sp³-hybridized carbons (Fsp3) is 0.467. The van der Waals surface area contributed by atoms with Crippen LogP contribution in [0.3, 0.4) is 0 Å². The highest BCUT2D eigenvalue weighted by molar-refractivity contribution is 5.95. The number of cyclic esters (lactones) is 1. The number of carbonyl (C=O) groups excluding carboxylic acids is 2. The number of carbonyl (C=O) groups is 2. The average molecular weight is 289 g/mol. The van der Waals surface area contributed by atoms with Crippen LogP contribution in [0.25, 0.3) is 0 Å². The molecule has 2 saturated heterocycles. The van der Waals surface area contributed by atoms with Gasteiger partial charge in [0.15, 0.2) is 0 Å². The molecule has 2 aliphatic rings. The van der Waals surface area contributed by atoms with Crippen molar-refractivity contribution in [1.29, 1.82) is 0 Å². The largest absolute Gasteiger partial charge is 0.447 e. The van der Waals surface area contributed by atoms with Crippen LogP contribution in [-0.2, 0) is 9.53 Å². The van der Waals surface area contributed by atoms with E-state index in [1.807, 2.05) is 25.1 Å². The number of hydrogen-bond donors (Lipinski definition) is 2. The molecule has 0 aliphatic carbocycles. The lowest BCUT2D eigenvalue weighted by atomic mass is 10.0. The van der Waals surface area contributed by atoms with Crippen molar-refractivity contribution in [3.05, 3.63) is 24.3 Å². The van der Waals surface area contributed by atoms with Crippen LogP contribution < -0.4 is 15.5 Å². The van der Waals surface area contributed by atoms with E-state index < -0.39 is 0 Å². The Morgan fingerprint density at radius 2 is 2.33 bits per heavy atom. The summed E-state index contributed by atoms with van der Waals surface area (Å²) in [6, 6.07) is 7.49. The highest BCUT2D eigenvalue weighted by atomic mass is 16.6. The first kappa shape index (κ1) is 13.9. The third-order valence-electron chi connectivity index (χ3n) is 4.05. The van der Waals surface area contributed by atoms with Gasteiger partial charge < -0.3 is 15.4 Å². The van der Waals surface area contributed by atoms with Crippen LogP contribution in [0.1, 0.15) is 13.3 Å². The molecule has 112 valence electrons. The molecule has 0 aromatic heterocycles. The molecule has 2 aliphatic heterocycles. The fourth-order valence-electron chi connectivity index (χ4n) is 2.83. The summed E-state index contributed by atoms with van der Waals surface area (Å²) in [5.41, 5.74) is 1.45. The Bertz CT molecular complexity index is 561. The zero-order valence-electron chi connectivity index (χ0n) is 12.0. The van der Waals surface area contributed by atoms with E-state index >= 15 is 0 Å². The molecule has 1 aromatic rings. The Labute approximate surface area is 123 Å². The average Bonchev–Trinajstić information content (AvgIpc) is 3.07. The van der Waals surface area contributed by atoms with Gasteiger partial charge in [-0.2, -0.15) is 0 Å². The zero-order chi connectivity index (χ0) is 14.8. The second kappa shape index (κ2) is 5.73. The van der Waals surface area contributed by atoms with Crippen molar-refractivity contribution in [2.24, 2.45) is 5.92 Å². The number of hydrogen-bond acceptors (Lipinski definition) is 4. The summed E-state index contributed by atoms with van der Waals surface area (Å²) in [5.74, 6) is 0.0130. The van der Waals surface area contributed by atoms with Crippen molar-refractivity contribution in [3.63, 3.8) is 0 Å². The van der Waals surface area contributed by atoms with E-state index in [0.29, 0.717) is 18.8 Å². The van der Waals surface area contributed by atoms with E-state index in [1.54, 1.807) is 11.0 Å². The van der Waals surface area contributed by atoms with E-state index in [2.05, 4.69) is 10.6 Å². The summed E-state index contributed by atoms with van der Waals surface area (Å²) in [7, 11) is 0. The van der Waals surface area contributed by atoms with Gasteiger partial charge in [0.1, 0.15) is 6.61 Å². The van der Waals surface area contributed by atoms with Crippen LogP contribution in [0.4, 0.5) is 16.2 Å². The fourth-order valence-corrected chi connectivity index (χ4v) is 2.83. The molecular formula is C15H19N3O3. The van der Waals surface area contributed by atoms with Gasteiger partial charge in [-0.05, 0) is 38.1 Å². The molecule has 6 heteroatoms. The third kappa shape index (κ3) is 2.85. The predicted molar refractivity (Wildman–Crippen MR) is 79.3 cm³/mol. The van der Waals surface area contributed by atoms with Gasteiger partial charge in [-0.3, -0.25) is 9.69 Å². The van der Waals surface area contributed by atoms with E-state index in [-0.39, 0.29) is 24.0 Å². The molecule has 2 unspecified atom stereocenters. The normalized spacial score (nSPS) is 25.0. The van der Waals surface area contributed by atoms with Crippen LogP contribution >= 0.6 is 0 Å². The molecular weight excluding hydrogens is 270 g/mol. The Morgan fingerprint density at radius 1 is 1.48 bits per heavy atom. The highest BCUT2D eigenvalue weighted by Gasteiger charge is 2.29. The molecule has 2 heterocycles. The number of rotatable bonds is 3. The zero-order valence-corrected chi connectivity index (χ0v) is 12.0. The van der Waals surface area contributed by atoms with Crippen LogP contribution in [-0.4, -0.2) is 37.7 Å². The second-order valence-electron chi connectivity index (χ2n) is 5.44. The molecule has 2 fully saturated rings. The molecule has 2 N–H and O–H groups in total. The van der Waals surface area contributed by atoms with Gasteiger partial charge in [-0.15, -0.1) is 0 Å². The molecule has 3 rings (SSSR count). The number of nitrogens with zero attached hydrogens (tertiary/aromatic N) is 1. The molecule has 0 bridgehead atoms. The van der Waals surface area contributed by atoms with Crippen molar-refractivity contribution < 1.29 is 14.3 Å². The van der Waals surface area contributed by atoms with Gasteiger partial charge in [0, 0.05) is 17.4 Å². The summed E-state index contributed by atoms with van der Waals surface area (Å²) < 4.78 is 4.93. The summed E-state index contributed by atoms with van der Waals surface area (Å²) in [6.45, 7) is 3.84. The minimum atomic E-state index is -0.341. The molecule has 0 saturated carbocycles. The first-order valence-corrected chi connectivity index (χ1v) is 7.24. The standard InChI is InChI=1S/C15H19N3O3/c1-10-13(5-6-16-10)14(19)17-11-3-2-4-12(9-11)18-7-8-21-15(18)20/h2-4,9-10,13,16H,5-8H2,1H3,(H,17,19). The Kier molecular flexibility index (Phi) is 3.79. The maximum Gasteiger partial charge on any atom is 0.414 e. The van der Waals surface area contributed by atoms with E-state index in [0.717, 1.165) is 18.7 Å². The van der Waals surface area contributed by atoms with Gasteiger partial charge in [0.25, 0.3) is 0 Å². The number of anilines is 2. The number of ether oxygens (including phenoxy) is 1. The Morgan fingerprint density at radius 3 is 3.00 bits per heavy atom. The predicted octanol–water partition coefficient (Wildman–Crippen LogP) is 1.58. The quantitative estimate of drug-likeness (QED) is 0.886. The minimum absolute atomic E-state index is 0.00888. The Hall–Kier alpha value is -2.08. The molecule has 0 radical (unpaired) electrons. The first-order chi connectivity index (χ1) is 10.1. The number of benzene rings is 1. The van der Waals surface area contributed by atoms with E-state index in [4.69, 9.17) is 4.74 Å². The molecule has 2 atom stereocenters. The SMILES string of the molecule is CC1NCCC1C(=O)Nc1cccc(N2CCOC2=O)c1. The lowest BCUT2D eigenvalue weighted by Crippen LogP contribution is -2.32. The van der Waals surface area contributed by atoms with Crippen LogP contribution in [0.15, 0.2) is 24.3 Å². The summed E-state index contributed by atoms with van der Waals surface area (Å²) in [4.78, 5) is 25.4. The van der Waals surface area contributed by atoms with Gasteiger partial charge in [0.05, 0.1) is 12.5 Å². The van der Waals surface area contributed by atoms with E-state index in [1.165, 1.54) is 0 Å². The monoisotopic (exact) mass is 289 g/mol. The molecule has 1 aromatic carbocycles. The van der Waals surface area contributed by atoms with Gasteiger partial charge in [-0.25, -0.2) is 4.79 Å². The Balaban J connectivity index is 1.71. The summed E-state index contributed by atoms with van der Waals surface area (Å²) >= 11 is 0. The van der Waals surface area contributed by atoms with Crippen LogP contribution in [0.5, 0.6) is 0 Å². The van der Waals surface area contributed by atoms with Gasteiger partial charge in [0.2, 0.25) is 5.91 Å². The summed E-state index contributed by atoms with van der Waals surface area (Å²) in [6.07, 6.45) is 0.512. The van der Waals surface area contributed by atoms with E-state index in [9.17, 15) is 9.59 Å². The van der Waals surface area contributed by atoms with Crippen LogP contribution in [0, 0.1) is 5.92 Å². The molecule has 21 heavy (non-hydrogen) atoms. The van der Waals surface area contributed by atoms with Crippen molar-refractivity contribution in [2.75, 3.05) is 29.9 Å². The van der Waals surface area contributed by atoms with Crippen molar-refractivity contribution in [3.8, 4) is 0 Å². The highest BCUT2D eigenvalue weighted by Crippen LogP contribution is 2.24. The summed E-state index contributed by atoms with van der Waals surface area (Å²) in [5, 5.41) is 6.20. The van der Waals surface area contributed by atoms with Gasteiger partial charge >= 0.3 is 6.09 Å². The lowest BCUT2D eigenvalue weighted by molar-refractivity contribution is -0.120.